The molecule has 3 amide bonds. The van der Waals surface area contributed by atoms with Crippen molar-refractivity contribution in [3.8, 4) is 5.75 Å². The van der Waals surface area contributed by atoms with E-state index in [1.165, 1.54) is 11.0 Å². The van der Waals surface area contributed by atoms with Crippen LogP contribution in [0.2, 0.25) is 10.0 Å². The number of carbonyl (C=O) groups excluding carboxylic acids is 2. The molecule has 0 bridgehead atoms. The number of aliphatic hydroxyl groups excluding tert-OH is 1. The van der Waals surface area contributed by atoms with E-state index < -0.39 is 18.2 Å². The number of para-hydroxylation sites is 1. The lowest BCUT2D eigenvalue weighted by Gasteiger charge is -2.20. The smallest absolute Gasteiger partial charge is 0.332 e. The summed E-state index contributed by atoms with van der Waals surface area (Å²) in [7, 11) is 0. The summed E-state index contributed by atoms with van der Waals surface area (Å²) in [6, 6.07) is 12.5. The van der Waals surface area contributed by atoms with Crippen molar-refractivity contribution in [2.45, 2.75) is 19.1 Å². The number of benzene rings is 2. The summed E-state index contributed by atoms with van der Waals surface area (Å²) < 4.78 is 5.47. The maximum Gasteiger partial charge on any atom is 0.332 e. The summed E-state index contributed by atoms with van der Waals surface area (Å²) in [5, 5.41) is 11.0. The van der Waals surface area contributed by atoms with Gasteiger partial charge in [0.1, 0.15) is 24.5 Å². The molecule has 0 aromatic heterocycles. The fourth-order valence-corrected chi connectivity index (χ4v) is 3.19. The highest BCUT2D eigenvalue weighted by molar-refractivity contribution is 6.34. The first-order chi connectivity index (χ1) is 12.9. The minimum absolute atomic E-state index is 0.142. The second-order valence-corrected chi connectivity index (χ2v) is 7.00. The van der Waals surface area contributed by atoms with Gasteiger partial charge >= 0.3 is 6.03 Å². The molecule has 27 heavy (non-hydrogen) atoms. The van der Waals surface area contributed by atoms with Gasteiger partial charge in [0.15, 0.2) is 0 Å². The topological polar surface area (TPSA) is 70.1 Å². The van der Waals surface area contributed by atoms with Crippen molar-refractivity contribution in [2.75, 3.05) is 18.1 Å². The van der Waals surface area contributed by atoms with Crippen molar-refractivity contribution < 1.29 is 19.4 Å². The maximum absolute atomic E-state index is 12.7. The van der Waals surface area contributed by atoms with Gasteiger partial charge in [-0.25, -0.2) is 4.79 Å². The van der Waals surface area contributed by atoms with Gasteiger partial charge in [0.25, 0.3) is 5.91 Å². The SMILES string of the molecule is C[C@H]1C(=O)N(C[C@@H](O)COc2cc(Cl)ccc2Cl)C(=O)N1c1ccccc1. The lowest BCUT2D eigenvalue weighted by molar-refractivity contribution is -0.128. The van der Waals surface area contributed by atoms with E-state index in [4.69, 9.17) is 27.9 Å². The number of rotatable bonds is 6. The fourth-order valence-electron chi connectivity index (χ4n) is 2.85. The van der Waals surface area contributed by atoms with Crippen LogP contribution in [0.3, 0.4) is 0 Å². The first-order valence-corrected chi connectivity index (χ1v) is 9.09. The predicted octanol–water partition coefficient (Wildman–Crippen LogP) is 3.59. The number of hydrogen-bond donors (Lipinski definition) is 1. The first-order valence-electron chi connectivity index (χ1n) is 8.34. The lowest BCUT2D eigenvalue weighted by Crippen LogP contribution is -2.40. The minimum atomic E-state index is -1.07. The zero-order valence-corrected chi connectivity index (χ0v) is 16.0. The Kier molecular flexibility index (Phi) is 5.89. The Morgan fingerprint density at radius 3 is 2.56 bits per heavy atom. The zero-order chi connectivity index (χ0) is 19.6. The molecule has 0 spiro atoms. The highest BCUT2D eigenvalue weighted by Gasteiger charge is 2.43. The number of hydrogen-bond acceptors (Lipinski definition) is 4. The molecule has 8 heteroatoms. The molecule has 2 atom stereocenters. The fraction of sp³-hybridized carbons (Fsp3) is 0.263. The number of urea groups is 1. The van der Waals surface area contributed by atoms with Gasteiger partial charge in [0.2, 0.25) is 0 Å². The van der Waals surface area contributed by atoms with Crippen molar-refractivity contribution in [1.82, 2.24) is 4.90 Å². The summed E-state index contributed by atoms with van der Waals surface area (Å²) in [6.07, 6.45) is -1.07. The lowest BCUT2D eigenvalue weighted by atomic mass is 10.2. The number of carbonyl (C=O) groups is 2. The molecule has 2 aromatic rings. The Bertz CT molecular complexity index is 847. The van der Waals surface area contributed by atoms with Gasteiger partial charge < -0.3 is 9.84 Å². The Hall–Kier alpha value is -2.28. The largest absolute Gasteiger partial charge is 0.489 e. The van der Waals surface area contributed by atoms with Gasteiger partial charge in [0.05, 0.1) is 11.6 Å². The van der Waals surface area contributed by atoms with Crippen LogP contribution in [0.25, 0.3) is 0 Å². The van der Waals surface area contributed by atoms with E-state index in [9.17, 15) is 14.7 Å². The van der Waals surface area contributed by atoms with Crippen LogP contribution in [-0.4, -0.2) is 47.2 Å². The average Bonchev–Trinajstić information content (AvgIpc) is 2.86. The zero-order valence-electron chi connectivity index (χ0n) is 14.5. The van der Waals surface area contributed by atoms with Gasteiger partial charge in [-0.2, -0.15) is 0 Å². The Morgan fingerprint density at radius 1 is 1.15 bits per heavy atom. The number of β-amino-alcohol motifs (C(OH)–C–C–N with tert-alkyl or cyclic N) is 1. The van der Waals surface area contributed by atoms with E-state index in [1.54, 1.807) is 43.3 Å². The van der Waals surface area contributed by atoms with Crippen molar-refractivity contribution in [2.24, 2.45) is 0 Å². The van der Waals surface area contributed by atoms with E-state index in [1.807, 2.05) is 6.07 Å². The van der Waals surface area contributed by atoms with Crippen LogP contribution in [0.1, 0.15) is 6.92 Å². The Balaban J connectivity index is 1.65. The van der Waals surface area contributed by atoms with Crippen LogP contribution in [0, 0.1) is 0 Å². The highest BCUT2D eigenvalue weighted by atomic mass is 35.5. The van der Waals surface area contributed by atoms with Crippen LogP contribution in [0.15, 0.2) is 48.5 Å². The average molecular weight is 409 g/mol. The third-order valence-corrected chi connectivity index (χ3v) is 4.75. The molecule has 1 fully saturated rings. The number of anilines is 1. The van der Waals surface area contributed by atoms with E-state index in [2.05, 4.69) is 0 Å². The normalized spacial score (nSPS) is 18.1. The highest BCUT2D eigenvalue weighted by Crippen LogP contribution is 2.28. The standard InChI is InChI=1S/C19H18Cl2N2O4/c1-12-18(25)22(19(26)23(12)14-5-3-2-4-6-14)10-15(24)11-27-17-9-13(20)7-8-16(17)21/h2-9,12,15,24H,10-11H2,1H3/t12-,15+/m0/s1. The van der Waals surface area contributed by atoms with E-state index in [0.29, 0.717) is 21.5 Å². The number of ether oxygens (including phenoxy) is 1. The molecule has 1 aliphatic rings. The van der Waals surface area contributed by atoms with Crippen LogP contribution in [0.5, 0.6) is 5.75 Å². The maximum atomic E-state index is 12.7. The summed E-state index contributed by atoms with van der Waals surface area (Å²) >= 11 is 11.9. The van der Waals surface area contributed by atoms with Gasteiger partial charge in [-0.3, -0.25) is 14.6 Å². The number of imide groups is 1. The summed E-state index contributed by atoms with van der Waals surface area (Å²) in [4.78, 5) is 27.6. The molecular weight excluding hydrogens is 391 g/mol. The molecule has 6 nitrogen and oxygen atoms in total. The molecule has 1 N–H and O–H groups in total. The molecule has 1 saturated heterocycles. The quantitative estimate of drug-likeness (QED) is 0.741. The van der Waals surface area contributed by atoms with E-state index in [0.717, 1.165) is 4.90 Å². The first kappa shape index (κ1) is 19.5. The molecule has 0 aliphatic carbocycles. The van der Waals surface area contributed by atoms with Gasteiger partial charge in [0, 0.05) is 16.8 Å². The molecular formula is C19H18Cl2N2O4. The van der Waals surface area contributed by atoms with Crippen LogP contribution in [0.4, 0.5) is 10.5 Å². The second-order valence-electron chi connectivity index (χ2n) is 6.15. The van der Waals surface area contributed by atoms with Crippen molar-refractivity contribution >= 4 is 40.8 Å². The monoisotopic (exact) mass is 408 g/mol. The molecule has 142 valence electrons. The van der Waals surface area contributed by atoms with E-state index >= 15 is 0 Å². The third-order valence-electron chi connectivity index (χ3n) is 4.20. The summed E-state index contributed by atoms with van der Waals surface area (Å²) in [5.74, 6) is -0.0507. The molecule has 3 rings (SSSR count). The Labute approximate surface area is 166 Å². The molecule has 0 radical (unpaired) electrons. The Morgan fingerprint density at radius 2 is 1.85 bits per heavy atom. The third kappa shape index (κ3) is 4.18. The molecule has 0 unspecified atom stereocenters. The van der Waals surface area contributed by atoms with E-state index in [-0.39, 0.29) is 19.1 Å². The molecule has 2 aromatic carbocycles. The predicted molar refractivity (Wildman–Crippen MR) is 103 cm³/mol. The minimum Gasteiger partial charge on any atom is -0.489 e. The van der Waals surface area contributed by atoms with Crippen LogP contribution >= 0.6 is 23.2 Å². The van der Waals surface area contributed by atoms with Crippen LogP contribution < -0.4 is 9.64 Å². The van der Waals surface area contributed by atoms with Crippen molar-refractivity contribution in [3.05, 3.63) is 58.6 Å². The second kappa shape index (κ2) is 8.17. The summed E-state index contributed by atoms with van der Waals surface area (Å²) in [5.41, 5.74) is 0.627. The molecule has 0 saturated carbocycles. The molecule has 1 aliphatic heterocycles. The van der Waals surface area contributed by atoms with Gasteiger partial charge in [-0.1, -0.05) is 41.4 Å². The number of nitrogens with zero attached hydrogens (tertiary/aromatic N) is 2. The molecule has 1 heterocycles. The van der Waals surface area contributed by atoms with Crippen molar-refractivity contribution in [1.29, 1.82) is 0 Å². The number of aliphatic hydroxyl groups is 1. The number of amides is 3. The van der Waals surface area contributed by atoms with Crippen molar-refractivity contribution in [3.63, 3.8) is 0 Å². The van der Waals surface area contributed by atoms with Gasteiger partial charge in [-0.05, 0) is 31.2 Å². The van der Waals surface area contributed by atoms with Crippen LogP contribution in [-0.2, 0) is 4.79 Å². The van der Waals surface area contributed by atoms with Gasteiger partial charge in [-0.15, -0.1) is 0 Å². The summed E-state index contributed by atoms with van der Waals surface area (Å²) in [6.45, 7) is 1.34. The number of halogens is 2.